The van der Waals surface area contributed by atoms with Crippen molar-refractivity contribution in [3.63, 3.8) is 0 Å². The van der Waals surface area contributed by atoms with E-state index >= 15 is 0 Å². The van der Waals surface area contributed by atoms with E-state index in [0.717, 1.165) is 28.1 Å². The van der Waals surface area contributed by atoms with Crippen LogP contribution in [-0.4, -0.2) is 23.6 Å². The molecule has 0 fully saturated rings. The third-order valence-corrected chi connectivity index (χ3v) is 5.90. The number of anilines is 1. The summed E-state index contributed by atoms with van der Waals surface area (Å²) in [7, 11) is 0. The Bertz CT molecular complexity index is 1040. The largest absolute Gasteiger partial charge is 0.504 e. The van der Waals surface area contributed by atoms with Crippen molar-refractivity contribution in [2.24, 2.45) is 9.98 Å². The van der Waals surface area contributed by atoms with E-state index < -0.39 is 5.41 Å². The fourth-order valence-electron chi connectivity index (χ4n) is 4.08. The molecule has 1 atom stereocenters. The Morgan fingerprint density at radius 1 is 1.33 bits per heavy atom. The molecule has 24 heavy (non-hydrogen) atoms. The van der Waals surface area contributed by atoms with Gasteiger partial charge in [0.25, 0.3) is 0 Å². The molecule has 3 heterocycles. The molecule has 0 saturated heterocycles. The predicted molar refractivity (Wildman–Crippen MR) is 95.6 cm³/mol. The second kappa shape index (κ2) is 4.66. The van der Waals surface area contributed by atoms with Gasteiger partial charge in [-0.15, -0.1) is 0 Å². The summed E-state index contributed by atoms with van der Waals surface area (Å²) >= 11 is 3.40. The van der Waals surface area contributed by atoms with Gasteiger partial charge in [-0.1, -0.05) is 12.2 Å². The second-order valence-electron chi connectivity index (χ2n) is 6.52. The van der Waals surface area contributed by atoms with Crippen LogP contribution < -0.4 is 15.9 Å². The molecule has 3 aliphatic heterocycles. The molecule has 5 nitrogen and oxygen atoms in total. The van der Waals surface area contributed by atoms with E-state index in [1.54, 1.807) is 0 Å². The highest BCUT2D eigenvalue weighted by atomic mass is 79.9. The van der Waals surface area contributed by atoms with Gasteiger partial charge in [0, 0.05) is 35.4 Å². The number of hydrogen-bond donors (Lipinski definition) is 2. The zero-order chi connectivity index (χ0) is 16.5. The van der Waals surface area contributed by atoms with Gasteiger partial charge in [0.05, 0.1) is 15.5 Å². The Hall–Kier alpha value is -2.21. The molecule has 0 saturated carbocycles. The molecule has 2 N–H and O–H groups in total. The van der Waals surface area contributed by atoms with Crippen LogP contribution in [0.15, 0.2) is 32.8 Å². The lowest BCUT2D eigenvalue weighted by atomic mass is 9.70. The maximum absolute atomic E-state index is 12.0. The highest BCUT2D eigenvalue weighted by Gasteiger charge is 2.40. The highest BCUT2D eigenvalue weighted by Crippen LogP contribution is 2.47. The van der Waals surface area contributed by atoms with Gasteiger partial charge in [-0.3, -0.25) is 14.8 Å². The minimum Gasteiger partial charge on any atom is -0.504 e. The van der Waals surface area contributed by atoms with Crippen LogP contribution in [0, 0.1) is 0 Å². The molecule has 4 aliphatic rings. The van der Waals surface area contributed by atoms with Gasteiger partial charge in [-0.05, 0) is 40.5 Å². The standard InChI is InChI=1S/C18H14BrN3O2/c19-10-7-18(3-1-11(10)23)4-6-21-16-13(18)14-12-9(2-5-20-14)8-22-15(12)17(16)24/h4,6-8,21,24H,1-3,5H2/t18-/m1/s1. The number of halogens is 1. The number of aliphatic imine (C=N–C) groups is 1. The quantitative estimate of drug-likeness (QED) is 0.673. The summed E-state index contributed by atoms with van der Waals surface area (Å²) < 4.78 is 0.592. The molecule has 5 rings (SSSR count). The maximum atomic E-state index is 12.0. The fourth-order valence-corrected chi connectivity index (χ4v) is 4.69. The molecule has 6 heteroatoms. The summed E-state index contributed by atoms with van der Waals surface area (Å²) in [5.74, 6) is 0.276. The molecule has 1 aliphatic carbocycles. The lowest BCUT2D eigenvalue weighted by molar-refractivity contribution is -0.115. The molecule has 0 amide bonds. The lowest BCUT2D eigenvalue weighted by Gasteiger charge is -2.36. The molecule has 1 aromatic carbocycles. The van der Waals surface area contributed by atoms with E-state index in [4.69, 9.17) is 4.99 Å². The number of Topliss-reactive ketones (excluding diaryl/α,β-unsaturated/α-hetero) is 1. The van der Waals surface area contributed by atoms with Gasteiger partial charge >= 0.3 is 0 Å². The second-order valence-corrected chi connectivity index (χ2v) is 7.37. The molecule has 120 valence electrons. The summed E-state index contributed by atoms with van der Waals surface area (Å²) in [6.07, 6.45) is 9.66. The average molecular weight is 384 g/mol. The monoisotopic (exact) mass is 383 g/mol. The van der Waals surface area contributed by atoms with Crippen LogP contribution in [0.5, 0.6) is 5.75 Å². The number of carbonyl (C=O) groups excluding carboxylic acids is 1. The smallest absolute Gasteiger partial charge is 0.169 e. The van der Waals surface area contributed by atoms with Gasteiger partial charge in [-0.25, -0.2) is 0 Å². The molecule has 1 aromatic rings. The maximum Gasteiger partial charge on any atom is 0.169 e. The number of nitrogens with zero attached hydrogens (tertiary/aromatic N) is 2. The number of ketones is 1. The lowest BCUT2D eigenvalue weighted by Crippen LogP contribution is -2.43. The number of hydrogen-bond acceptors (Lipinski definition) is 5. The van der Waals surface area contributed by atoms with Crippen molar-refractivity contribution < 1.29 is 9.90 Å². The number of aromatic hydroxyl groups is 1. The normalized spacial score (nSPS) is 26.0. The number of carbonyl (C=O) groups is 1. The number of rotatable bonds is 0. The zero-order valence-electron chi connectivity index (χ0n) is 12.8. The SMILES string of the molecule is O=C1CC[C@@]2(C=CNc3c(O)c4c5c(c32)=NCCC=5C=N4)C=C1Br. The number of phenolic OH excluding ortho intramolecular Hbond substituents is 1. The number of benzene rings is 1. The van der Waals surface area contributed by atoms with Crippen molar-refractivity contribution >= 4 is 44.9 Å². The minimum absolute atomic E-state index is 0.112. The van der Waals surface area contributed by atoms with E-state index in [-0.39, 0.29) is 11.5 Å². The summed E-state index contributed by atoms with van der Waals surface area (Å²) in [5, 5.41) is 15.8. The van der Waals surface area contributed by atoms with Crippen molar-refractivity contribution in [3.8, 4) is 5.75 Å². The van der Waals surface area contributed by atoms with Crippen molar-refractivity contribution in [3.05, 3.63) is 39.0 Å². The van der Waals surface area contributed by atoms with Crippen LogP contribution in [-0.2, 0) is 10.2 Å². The van der Waals surface area contributed by atoms with E-state index in [1.807, 2.05) is 18.5 Å². The Balaban J connectivity index is 1.93. The Labute approximate surface area is 146 Å². The van der Waals surface area contributed by atoms with Gasteiger partial charge in [0.15, 0.2) is 11.5 Å². The Morgan fingerprint density at radius 3 is 3.04 bits per heavy atom. The highest BCUT2D eigenvalue weighted by molar-refractivity contribution is 9.12. The molecule has 0 unspecified atom stereocenters. The molecular formula is C18H14BrN3O2. The van der Waals surface area contributed by atoms with E-state index in [1.165, 1.54) is 0 Å². The number of nitrogens with one attached hydrogen (secondary N) is 1. The van der Waals surface area contributed by atoms with Crippen LogP contribution >= 0.6 is 15.9 Å². The van der Waals surface area contributed by atoms with Crippen LogP contribution in [0.25, 0.3) is 5.57 Å². The summed E-state index contributed by atoms with van der Waals surface area (Å²) in [4.78, 5) is 21.1. The van der Waals surface area contributed by atoms with E-state index in [2.05, 4.69) is 32.3 Å². The molecular weight excluding hydrogens is 370 g/mol. The first-order chi connectivity index (χ1) is 11.6. The van der Waals surface area contributed by atoms with Crippen molar-refractivity contribution in [1.82, 2.24) is 0 Å². The molecule has 1 spiro atoms. The van der Waals surface area contributed by atoms with Crippen LogP contribution in [0.3, 0.4) is 0 Å². The Morgan fingerprint density at radius 2 is 2.21 bits per heavy atom. The minimum atomic E-state index is -0.441. The topological polar surface area (TPSA) is 74.0 Å². The Kier molecular flexibility index (Phi) is 2.75. The first kappa shape index (κ1) is 14.2. The van der Waals surface area contributed by atoms with Gasteiger partial charge in [0.1, 0.15) is 5.69 Å². The van der Waals surface area contributed by atoms with Crippen LogP contribution in [0.1, 0.15) is 24.8 Å². The number of allylic oxidation sites excluding steroid dienone is 3. The first-order valence-electron chi connectivity index (χ1n) is 7.98. The summed E-state index contributed by atoms with van der Waals surface area (Å²) in [6, 6.07) is 0. The average Bonchev–Trinajstić information content (AvgIpc) is 3.02. The van der Waals surface area contributed by atoms with Gasteiger partial charge in [0.2, 0.25) is 0 Å². The molecule has 0 radical (unpaired) electrons. The third kappa shape index (κ3) is 1.66. The zero-order valence-corrected chi connectivity index (χ0v) is 14.4. The van der Waals surface area contributed by atoms with Gasteiger partial charge < -0.3 is 10.4 Å². The van der Waals surface area contributed by atoms with Gasteiger partial charge in [-0.2, -0.15) is 0 Å². The van der Waals surface area contributed by atoms with Crippen LogP contribution in [0.4, 0.5) is 11.4 Å². The van der Waals surface area contributed by atoms with E-state index in [9.17, 15) is 9.90 Å². The van der Waals surface area contributed by atoms with E-state index in [0.29, 0.717) is 35.2 Å². The van der Waals surface area contributed by atoms with Crippen molar-refractivity contribution in [2.75, 3.05) is 11.9 Å². The third-order valence-electron chi connectivity index (χ3n) is 5.23. The summed E-state index contributed by atoms with van der Waals surface area (Å²) in [6.45, 7) is 0.717. The summed E-state index contributed by atoms with van der Waals surface area (Å²) in [5.41, 5.74) is 2.90. The van der Waals surface area contributed by atoms with Crippen LogP contribution in [0.2, 0.25) is 0 Å². The molecule has 0 bridgehead atoms. The predicted octanol–water partition coefficient (Wildman–Crippen LogP) is 2.10. The first-order valence-corrected chi connectivity index (χ1v) is 8.77. The number of fused-ring (bicyclic) bond motifs is 3. The molecule has 0 aromatic heterocycles. The van der Waals surface area contributed by atoms with Crippen molar-refractivity contribution in [2.45, 2.75) is 24.7 Å². The number of phenols is 1. The van der Waals surface area contributed by atoms with Crippen molar-refractivity contribution in [1.29, 1.82) is 0 Å². The fraction of sp³-hybridized carbons (Fsp3) is 0.278.